The van der Waals surface area contributed by atoms with E-state index in [-0.39, 0.29) is 10.9 Å². The molecule has 0 aliphatic carbocycles. The van der Waals surface area contributed by atoms with Crippen LogP contribution in [0, 0.1) is 0 Å². The fourth-order valence-electron chi connectivity index (χ4n) is 2.99. The first-order valence-corrected chi connectivity index (χ1v) is 10.2. The van der Waals surface area contributed by atoms with Crippen LogP contribution in [-0.2, 0) is 17.1 Å². The maximum absolute atomic E-state index is 12.3. The largest absolute Gasteiger partial charge is 0.438 e. The standard InChI is InChI=1S/C20H18N4O4S/c1-21-29(26,27)18-12-11-17(28-18)20(25)22-14-9-7-13(8-10-14)19-23-15-5-3-4-6-16(15)24(19)2/h3-12,21H,1-2H3,(H,22,25). The van der Waals surface area contributed by atoms with Crippen molar-refractivity contribution in [1.29, 1.82) is 0 Å². The lowest BCUT2D eigenvalue weighted by Crippen LogP contribution is -2.18. The molecule has 0 saturated carbocycles. The first kappa shape index (κ1) is 18.9. The molecular formula is C20H18N4O4S. The molecule has 2 aromatic carbocycles. The fraction of sp³-hybridized carbons (Fsp3) is 0.100. The third-order valence-corrected chi connectivity index (χ3v) is 5.81. The van der Waals surface area contributed by atoms with E-state index in [2.05, 4.69) is 15.0 Å². The number of amides is 1. The molecule has 0 atom stereocenters. The van der Waals surface area contributed by atoms with Crippen molar-refractivity contribution >= 4 is 32.7 Å². The molecule has 0 aliphatic heterocycles. The van der Waals surface area contributed by atoms with Gasteiger partial charge in [0.1, 0.15) is 5.82 Å². The second-order valence-corrected chi connectivity index (χ2v) is 8.16. The van der Waals surface area contributed by atoms with Gasteiger partial charge in [0.05, 0.1) is 11.0 Å². The van der Waals surface area contributed by atoms with E-state index in [9.17, 15) is 13.2 Å². The van der Waals surface area contributed by atoms with Gasteiger partial charge in [0, 0.05) is 18.3 Å². The molecular weight excluding hydrogens is 392 g/mol. The number of para-hydroxylation sites is 2. The van der Waals surface area contributed by atoms with Crippen molar-refractivity contribution in [3.63, 3.8) is 0 Å². The minimum atomic E-state index is -3.74. The van der Waals surface area contributed by atoms with Crippen LogP contribution in [0.25, 0.3) is 22.4 Å². The summed E-state index contributed by atoms with van der Waals surface area (Å²) >= 11 is 0. The minimum Gasteiger partial charge on any atom is -0.438 e. The number of carbonyl (C=O) groups is 1. The average molecular weight is 410 g/mol. The number of anilines is 1. The molecule has 9 heteroatoms. The number of aryl methyl sites for hydroxylation is 1. The Bertz CT molecular complexity index is 1300. The number of carbonyl (C=O) groups excluding carboxylic acids is 1. The van der Waals surface area contributed by atoms with Gasteiger partial charge in [-0.05, 0) is 55.6 Å². The summed E-state index contributed by atoms with van der Waals surface area (Å²) in [6, 6.07) is 17.6. The van der Waals surface area contributed by atoms with Crippen molar-refractivity contribution in [1.82, 2.24) is 14.3 Å². The monoisotopic (exact) mass is 410 g/mol. The van der Waals surface area contributed by atoms with Crippen LogP contribution in [-0.4, -0.2) is 30.9 Å². The molecule has 8 nitrogen and oxygen atoms in total. The van der Waals surface area contributed by atoms with E-state index in [1.54, 1.807) is 12.1 Å². The highest BCUT2D eigenvalue weighted by Crippen LogP contribution is 2.25. The SMILES string of the molecule is CNS(=O)(=O)c1ccc(C(=O)Nc2ccc(-c3nc4ccccc4n3C)cc2)o1. The second-order valence-electron chi connectivity index (χ2n) is 6.34. The van der Waals surface area contributed by atoms with Gasteiger partial charge in [-0.1, -0.05) is 12.1 Å². The third-order valence-electron chi connectivity index (χ3n) is 4.53. The molecule has 148 valence electrons. The Morgan fingerprint density at radius 3 is 2.45 bits per heavy atom. The molecule has 4 rings (SSSR count). The van der Waals surface area contributed by atoms with Crippen LogP contribution in [0.5, 0.6) is 0 Å². The first-order valence-electron chi connectivity index (χ1n) is 8.75. The van der Waals surface area contributed by atoms with E-state index in [1.165, 1.54) is 19.2 Å². The van der Waals surface area contributed by atoms with Gasteiger partial charge in [-0.3, -0.25) is 4.79 Å². The van der Waals surface area contributed by atoms with E-state index < -0.39 is 15.9 Å². The number of imidazole rings is 1. The lowest BCUT2D eigenvalue weighted by molar-refractivity contribution is 0.0991. The van der Waals surface area contributed by atoms with Crippen LogP contribution in [0.15, 0.2) is 70.2 Å². The molecule has 0 radical (unpaired) electrons. The van der Waals surface area contributed by atoms with Crippen molar-refractivity contribution in [3.05, 3.63) is 66.4 Å². The van der Waals surface area contributed by atoms with E-state index in [0.717, 1.165) is 22.4 Å². The highest BCUT2D eigenvalue weighted by molar-refractivity contribution is 7.89. The lowest BCUT2D eigenvalue weighted by Gasteiger charge is -2.06. The van der Waals surface area contributed by atoms with Crippen LogP contribution in [0.3, 0.4) is 0 Å². The summed E-state index contributed by atoms with van der Waals surface area (Å²) in [6.07, 6.45) is 0. The number of fused-ring (bicyclic) bond motifs is 1. The lowest BCUT2D eigenvalue weighted by atomic mass is 10.2. The van der Waals surface area contributed by atoms with Crippen LogP contribution in [0.2, 0.25) is 0 Å². The second kappa shape index (κ2) is 7.19. The summed E-state index contributed by atoms with van der Waals surface area (Å²) in [7, 11) is -0.521. The van der Waals surface area contributed by atoms with Crippen LogP contribution >= 0.6 is 0 Å². The Hall–Kier alpha value is -3.43. The summed E-state index contributed by atoms with van der Waals surface area (Å²) in [6.45, 7) is 0. The number of aromatic nitrogens is 2. The van der Waals surface area contributed by atoms with Crippen LogP contribution in [0.1, 0.15) is 10.6 Å². The molecule has 2 N–H and O–H groups in total. The Morgan fingerprint density at radius 1 is 1.03 bits per heavy atom. The Balaban J connectivity index is 1.54. The molecule has 1 amide bonds. The zero-order chi connectivity index (χ0) is 20.6. The zero-order valence-electron chi connectivity index (χ0n) is 15.7. The number of sulfonamides is 1. The van der Waals surface area contributed by atoms with Gasteiger partial charge in [-0.2, -0.15) is 0 Å². The number of benzene rings is 2. The van der Waals surface area contributed by atoms with Crippen molar-refractivity contribution in [2.45, 2.75) is 5.09 Å². The van der Waals surface area contributed by atoms with Crippen molar-refractivity contribution in [2.75, 3.05) is 12.4 Å². The molecule has 0 saturated heterocycles. The number of hydrogen-bond donors (Lipinski definition) is 2. The molecule has 0 fully saturated rings. The highest BCUT2D eigenvalue weighted by atomic mass is 32.2. The molecule has 29 heavy (non-hydrogen) atoms. The van der Waals surface area contributed by atoms with Gasteiger partial charge < -0.3 is 14.3 Å². The summed E-state index contributed by atoms with van der Waals surface area (Å²) in [5, 5.41) is 2.37. The summed E-state index contributed by atoms with van der Waals surface area (Å²) < 4.78 is 32.7. The summed E-state index contributed by atoms with van der Waals surface area (Å²) in [5.74, 6) is 0.174. The Labute approximate surface area is 167 Å². The first-order chi connectivity index (χ1) is 13.9. The topological polar surface area (TPSA) is 106 Å². The average Bonchev–Trinajstić information content (AvgIpc) is 3.35. The maximum Gasteiger partial charge on any atom is 0.291 e. The van der Waals surface area contributed by atoms with Crippen molar-refractivity contribution in [2.24, 2.45) is 7.05 Å². The fourth-order valence-corrected chi connectivity index (χ4v) is 3.63. The van der Waals surface area contributed by atoms with Crippen LogP contribution < -0.4 is 10.0 Å². The number of nitrogens with one attached hydrogen (secondary N) is 2. The highest BCUT2D eigenvalue weighted by Gasteiger charge is 2.19. The number of nitrogens with zero attached hydrogens (tertiary/aromatic N) is 2. The van der Waals surface area contributed by atoms with Gasteiger partial charge in [0.2, 0.25) is 5.09 Å². The normalized spacial score (nSPS) is 11.7. The van der Waals surface area contributed by atoms with Gasteiger partial charge >= 0.3 is 0 Å². The van der Waals surface area contributed by atoms with Crippen LogP contribution in [0.4, 0.5) is 5.69 Å². The minimum absolute atomic E-state index is 0.0988. The maximum atomic E-state index is 12.3. The van der Waals surface area contributed by atoms with E-state index in [0.29, 0.717) is 5.69 Å². The van der Waals surface area contributed by atoms with Crippen molar-refractivity contribution < 1.29 is 17.6 Å². The van der Waals surface area contributed by atoms with Gasteiger partial charge in [-0.15, -0.1) is 0 Å². The molecule has 0 unspecified atom stereocenters. The van der Waals surface area contributed by atoms with Crippen molar-refractivity contribution in [3.8, 4) is 11.4 Å². The quantitative estimate of drug-likeness (QED) is 0.526. The van der Waals surface area contributed by atoms with E-state index in [1.807, 2.05) is 48.0 Å². The molecule has 0 bridgehead atoms. The molecule has 2 heterocycles. The molecule has 0 aliphatic rings. The molecule has 0 spiro atoms. The predicted octanol–water partition coefficient (Wildman–Crippen LogP) is 2.99. The zero-order valence-corrected chi connectivity index (χ0v) is 16.5. The number of furan rings is 1. The molecule has 2 aromatic heterocycles. The van der Waals surface area contributed by atoms with E-state index >= 15 is 0 Å². The van der Waals surface area contributed by atoms with Gasteiger partial charge in [0.15, 0.2) is 5.76 Å². The van der Waals surface area contributed by atoms with Gasteiger partial charge in [0.25, 0.3) is 15.9 Å². The smallest absolute Gasteiger partial charge is 0.291 e. The Morgan fingerprint density at radius 2 is 1.76 bits per heavy atom. The number of hydrogen-bond acceptors (Lipinski definition) is 5. The van der Waals surface area contributed by atoms with Gasteiger partial charge in [-0.25, -0.2) is 18.1 Å². The Kier molecular flexibility index (Phi) is 4.69. The number of rotatable bonds is 5. The molecule has 4 aromatic rings. The summed E-state index contributed by atoms with van der Waals surface area (Å²) in [5.41, 5.74) is 3.39. The van der Waals surface area contributed by atoms with E-state index in [4.69, 9.17) is 4.42 Å². The summed E-state index contributed by atoms with van der Waals surface area (Å²) in [4.78, 5) is 17.0. The predicted molar refractivity (Wildman–Crippen MR) is 109 cm³/mol. The third kappa shape index (κ3) is 3.53.